The van der Waals surface area contributed by atoms with Crippen molar-refractivity contribution in [2.75, 3.05) is 20.2 Å². The maximum atomic E-state index is 12.4. The molecule has 0 unspecified atom stereocenters. The second kappa shape index (κ2) is 9.20. The third-order valence-electron chi connectivity index (χ3n) is 6.74. The van der Waals surface area contributed by atoms with Gasteiger partial charge in [0.1, 0.15) is 5.75 Å². The minimum Gasteiger partial charge on any atom is -0.496 e. The summed E-state index contributed by atoms with van der Waals surface area (Å²) in [4.78, 5) is 27.2. The van der Waals surface area contributed by atoms with Crippen LogP contribution in [0.4, 0.5) is 0 Å². The molecular weight excluding hydrogens is 412 g/mol. The van der Waals surface area contributed by atoms with Crippen molar-refractivity contribution in [3.05, 3.63) is 106 Å². The van der Waals surface area contributed by atoms with Gasteiger partial charge < -0.3 is 9.30 Å². The molecule has 33 heavy (non-hydrogen) atoms. The van der Waals surface area contributed by atoms with Crippen LogP contribution in [0, 0.1) is 5.92 Å². The molecule has 5 heteroatoms. The fourth-order valence-electron chi connectivity index (χ4n) is 5.26. The smallest absolute Gasteiger partial charge is 0.250 e. The second-order valence-corrected chi connectivity index (χ2v) is 9.03. The molecule has 2 bridgehead atoms. The molecule has 168 valence electrons. The van der Waals surface area contributed by atoms with Crippen molar-refractivity contribution in [1.82, 2.24) is 9.47 Å². The zero-order chi connectivity index (χ0) is 22.8. The third-order valence-corrected chi connectivity index (χ3v) is 6.74. The molecule has 5 rings (SSSR count). The molecule has 2 aliphatic heterocycles. The van der Waals surface area contributed by atoms with Crippen molar-refractivity contribution >= 4 is 11.9 Å². The van der Waals surface area contributed by atoms with Crippen molar-refractivity contribution in [3.63, 3.8) is 0 Å². The van der Waals surface area contributed by atoms with E-state index in [0.717, 1.165) is 55.2 Å². The van der Waals surface area contributed by atoms with Gasteiger partial charge in [-0.2, -0.15) is 0 Å². The Morgan fingerprint density at radius 3 is 2.70 bits per heavy atom. The Bertz CT molecular complexity index is 1250. The summed E-state index contributed by atoms with van der Waals surface area (Å²) in [5, 5.41) is 0. The van der Waals surface area contributed by atoms with E-state index in [1.54, 1.807) is 19.3 Å². The van der Waals surface area contributed by atoms with Crippen LogP contribution in [0.1, 0.15) is 39.5 Å². The maximum absolute atomic E-state index is 12.4. The number of ether oxygens (including phenoxy) is 1. The van der Waals surface area contributed by atoms with E-state index in [1.807, 2.05) is 59.2 Å². The highest BCUT2D eigenvalue weighted by molar-refractivity contribution is 6.06. The van der Waals surface area contributed by atoms with E-state index in [4.69, 9.17) is 4.74 Å². The van der Waals surface area contributed by atoms with E-state index in [9.17, 15) is 9.59 Å². The van der Waals surface area contributed by atoms with Crippen LogP contribution in [0.2, 0.25) is 0 Å². The fraction of sp³-hybridized carbons (Fsp3) is 0.286. The first-order valence-corrected chi connectivity index (χ1v) is 11.5. The number of fused-ring (bicyclic) bond motifs is 4. The van der Waals surface area contributed by atoms with Crippen molar-refractivity contribution in [2.24, 2.45) is 5.92 Å². The molecule has 5 nitrogen and oxygen atoms in total. The molecule has 1 fully saturated rings. The Morgan fingerprint density at radius 2 is 1.88 bits per heavy atom. The molecule has 0 N–H and O–H groups in total. The van der Waals surface area contributed by atoms with Crippen LogP contribution in [-0.2, 0) is 13.1 Å². The first-order chi connectivity index (χ1) is 16.1. The van der Waals surface area contributed by atoms with E-state index < -0.39 is 0 Å². The molecule has 3 heterocycles. The lowest BCUT2D eigenvalue weighted by atomic mass is 9.83. The van der Waals surface area contributed by atoms with Gasteiger partial charge in [-0.15, -0.1) is 0 Å². The second-order valence-electron chi connectivity index (χ2n) is 9.03. The minimum atomic E-state index is -0.00858. The van der Waals surface area contributed by atoms with Gasteiger partial charge in [0.25, 0.3) is 5.56 Å². The van der Waals surface area contributed by atoms with Crippen LogP contribution in [0.15, 0.2) is 77.6 Å². The molecule has 0 aliphatic carbocycles. The minimum absolute atomic E-state index is 0.00858. The molecule has 0 amide bonds. The Morgan fingerprint density at radius 1 is 1.03 bits per heavy atom. The van der Waals surface area contributed by atoms with Crippen LogP contribution < -0.4 is 10.3 Å². The molecule has 2 aromatic carbocycles. The van der Waals surface area contributed by atoms with E-state index in [0.29, 0.717) is 17.4 Å². The number of hydrogen-bond acceptors (Lipinski definition) is 4. The lowest BCUT2D eigenvalue weighted by Gasteiger charge is -2.43. The maximum Gasteiger partial charge on any atom is 0.250 e. The number of carbonyl (C=O) groups is 1. The first kappa shape index (κ1) is 21.4. The largest absolute Gasteiger partial charge is 0.496 e. The van der Waals surface area contributed by atoms with Crippen LogP contribution in [0.5, 0.6) is 5.75 Å². The standard InChI is InChI=1S/C28H28N2O3/c1-33-27-13-11-20(10-12-26(31)22-6-3-2-4-7-22)14-24(27)19-29-16-21-15-23(18-29)25-8-5-9-28(32)30(25)17-21/h2-14,21,23H,15-19H2,1H3/b12-10+/t21-,23+/m0/s1. The lowest BCUT2D eigenvalue weighted by molar-refractivity contribution is 0.104. The monoisotopic (exact) mass is 440 g/mol. The number of allylic oxidation sites excluding steroid dienone is 1. The number of likely N-dealkylation sites (tertiary alicyclic amines) is 1. The van der Waals surface area contributed by atoms with E-state index >= 15 is 0 Å². The van der Waals surface area contributed by atoms with E-state index in [-0.39, 0.29) is 11.3 Å². The van der Waals surface area contributed by atoms with Gasteiger partial charge in [-0.3, -0.25) is 14.5 Å². The van der Waals surface area contributed by atoms with Gasteiger partial charge >= 0.3 is 0 Å². The third kappa shape index (κ3) is 4.55. The molecule has 2 aliphatic rings. The summed E-state index contributed by atoms with van der Waals surface area (Å²) in [6.07, 6.45) is 4.63. The number of carbonyl (C=O) groups excluding carboxylic acids is 1. The van der Waals surface area contributed by atoms with Crippen molar-refractivity contribution in [3.8, 4) is 5.75 Å². The Labute approximate surface area is 193 Å². The molecule has 0 saturated carbocycles. The van der Waals surface area contributed by atoms with Crippen molar-refractivity contribution in [2.45, 2.75) is 25.4 Å². The highest BCUT2D eigenvalue weighted by atomic mass is 16.5. The average molecular weight is 441 g/mol. The summed E-state index contributed by atoms with van der Waals surface area (Å²) >= 11 is 0. The first-order valence-electron chi connectivity index (χ1n) is 11.5. The molecule has 1 saturated heterocycles. The number of methoxy groups -OCH3 is 1. The average Bonchev–Trinajstić information content (AvgIpc) is 2.84. The Balaban J connectivity index is 1.34. The number of pyridine rings is 1. The summed E-state index contributed by atoms with van der Waals surface area (Å²) in [5.41, 5.74) is 4.04. The number of ketones is 1. The Kier molecular flexibility index (Phi) is 5.97. The van der Waals surface area contributed by atoms with Gasteiger partial charge in [0.15, 0.2) is 5.78 Å². The SMILES string of the molecule is COc1ccc(/C=C/C(=O)c2ccccc2)cc1CN1C[C@@H]2C[C@H](C1)c1cccc(=O)n1C2. The summed E-state index contributed by atoms with van der Waals surface area (Å²) in [6.45, 7) is 3.47. The van der Waals surface area contributed by atoms with E-state index in [2.05, 4.69) is 17.0 Å². The summed E-state index contributed by atoms with van der Waals surface area (Å²) in [5.74, 6) is 1.71. The number of piperidine rings is 1. The van der Waals surface area contributed by atoms with Crippen LogP contribution >= 0.6 is 0 Å². The van der Waals surface area contributed by atoms with Gasteiger partial charge in [0.05, 0.1) is 7.11 Å². The fourth-order valence-corrected chi connectivity index (χ4v) is 5.26. The quantitative estimate of drug-likeness (QED) is 0.422. The highest BCUT2D eigenvalue weighted by Crippen LogP contribution is 2.36. The van der Waals surface area contributed by atoms with E-state index in [1.165, 1.54) is 0 Å². The number of hydrogen-bond donors (Lipinski definition) is 0. The molecule has 2 atom stereocenters. The topological polar surface area (TPSA) is 51.5 Å². The predicted octanol–water partition coefficient (Wildman–Crippen LogP) is 4.37. The van der Waals surface area contributed by atoms with Gasteiger partial charge in [0.2, 0.25) is 0 Å². The molecule has 0 radical (unpaired) electrons. The molecule has 3 aromatic rings. The summed E-state index contributed by atoms with van der Waals surface area (Å²) in [6, 6.07) is 21.0. The van der Waals surface area contributed by atoms with Crippen LogP contribution in [0.3, 0.4) is 0 Å². The predicted molar refractivity (Wildman–Crippen MR) is 130 cm³/mol. The Hall–Kier alpha value is -3.44. The van der Waals surface area contributed by atoms with Gasteiger partial charge in [-0.1, -0.05) is 48.5 Å². The van der Waals surface area contributed by atoms with Crippen LogP contribution in [0.25, 0.3) is 6.08 Å². The lowest BCUT2D eigenvalue weighted by Crippen LogP contribution is -2.46. The van der Waals surface area contributed by atoms with Crippen LogP contribution in [-0.4, -0.2) is 35.4 Å². The van der Waals surface area contributed by atoms with Crippen molar-refractivity contribution in [1.29, 1.82) is 0 Å². The zero-order valence-electron chi connectivity index (χ0n) is 18.8. The normalized spacial score (nSPS) is 19.9. The number of benzene rings is 2. The van der Waals surface area contributed by atoms with Crippen molar-refractivity contribution < 1.29 is 9.53 Å². The van der Waals surface area contributed by atoms with Gasteiger partial charge in [-0.25, -0.2) is 0 Å². The highest BCUT2D eigenvalue weighted by Gasteiger charge is 2.34. The molecule has 1 aromatic heterocycles. The number of aromatic nitrogens is 1. The van der Waals surface area contributed by atoms with Gasteiger partial charge in [0, 0.05) is 55.0 Å². The zero-order valence-corrected chi connectivity index (χ0v) is 18.8. The molecule has 0 spiro atoms. The summed E-state index contributed by atoms with van der Waals surface area (Å²) in [7, 11) is 1.70. The summed E-state index contributed by atoms with van der Waals surface area (Å²) < 4.78 is 7.60. The number of nitrogens with zero attached hydrogens (tertiary/aromatic N) is 2. The van der Waals surface area contributed by atoms with Gasteiger partial charge in [-0.05, 0) is 42.2 Å². The molecular formula is C28H28N2O3. The number of rotatable bonds is 6.